The number of aromatic nitrogens is 2. The fourth-order valence-electron chi connectivity index (χ4n) is 1.41. The number of hydrogen-bond donors (Lipinski definition) is 1. The van der Waals surface area contributed by atoms with E-state index in [1.54, 1.807) is 18.2 Å². The summed E-state index contributed by atoms with van der Waals surface area (Å²) < 4.78 is 1.90. The van der Waals surface area contributed by atoms with Gasteiger partial charge in [0, 0.05) is 4.47 Å². The molecule has 0 spiro atoms. The maximum Gasteiger partial charge on any atom is 0.326 e. The molecule has 0 radical (unpaired) electrons. The van der Waals surface area contributed by atoms with Crippen molar-refractivity contribution in [3.05, 3.63) is 33.2 Å². The van der Waals surface area contributed by atoms with Gasteiger partial charge in [-0.1, -0.05) is 15.9 Å². The number of H-pyrrole nitrogens is 1. The maximum atomic E-state index is 11.4. The summed E-state index contributed by atoms with van der Waals surface area (Å²) >= 11 is 3.25. The highest BCUT2D eigenvalue weighted by Crippen LogP contribution is 2.16. The highest BCUT2D eigenvalue weighted by atomic mass is 79.9. The van der Waals surface area contributed by atoms with Crippen LogP contribution in [0.1, 0.15) is 0 Å². The van der Waals surface area contributed by atoms with Crippen molar-refractivity contribution < 1.29 is 9.90 Å². The Hall–Kier alpha value is -1.56. The Bertz CT molecular complexity index is 585. The van der Waals surface area contributed by atoms with Crippen LogP contribution in [-0.2, 0) is 11.3 Å². The predicted molar refractivity (Wildman–Crippen MR) is 55.3 cm³/mol. The van der Waals surface area contributed by atoms with Gasteiger partial charge in [-0.3, -0.25) is 4.57 Å². The molecule has 1 aromatic heterocycles. The summed E-state index contributed by atoms with van der Waals surface area (Å²) in [5.41, 5.74) is 0.690. The Morgan fingerprint density at radius 1 is 1.53 bits per heavy atom. The van der Waals surface area contributed by atoms with Crippen LogP contribution >= 0.6 is 15.9 Å². The number of carboxylic acid groups (broad SMARTS) is 1. The van der Waals surface area contributed by atoms with Gasteiger partial charge < -0.3 is 14.9 Å². The second-order valence-corrected chi connectivity index (χ2v) is 3.97. The van der Waals surface area contributed by atoms with E-state index in [1.165, 1.54) is 0 Å². The van der Waals surface area contributed by atoms with E-state index in [1.807, 2.05) is 0 Å². The summed E-state index contributed by atoms with van der Waals surface area (Å²) in [6.45, 7) is -0.449. The van der Waals surface area contributed by atoms with Crippen LogP contribution < -0.4 is 10.8 Å². The standard InChI is InChI=1S/C9H7BrN2O3/c10-5-1-2-6-7(3-5)12(4-8(13)14)9(15)11-6/h1-3H,4H2,(H,11,15)(H,13,14)/p-1. The zero-order valence-electron chi connectivity index (χ0n) is 7.49. The molecule has 1 N–H and O–H groups in total. The molecule has 1 aromatic carbocycles. The first-order chi connectivity index (χ1) is 7.08. The van der Waals surface area contributed by atoms with Gasteiger partial charge >= 0.3 is 5.69 Å². The molecule has 0 fully saturated rings. The molecule has 0 aliphatic heterocycles. The minimum Gasteiger partial charge on any atom is -0.548 e. The van der Waals surface area contributed by atoms with Crippen molar-refractivity contribution in [2.45, 2.75) is 6.54 Å². The summed E-state index contributed by atoms with van der Waals surface area (Å²) in [6.07, 6.45) is 0. The third-order valence-electron chi connectivity index (χ3n) is 2.02. The zero-order chi connectivity index (χ0) is 11.0. The number of fused-ring (bicyclic) bond motifs is 1. The van der Waals surface area contributed by atoms with Crippen molar-refractivity contribution in [2.24, 2.45) is 0 Å². The van der Waals surface area contributed by atoms with Crippen molar-refractivity contribution >= 4 is 32.9 Å². The predicted octanol–water partition coefficient (Wildman–Crippen LogP) is -0.158. The third kappa shape index (κ3) is 1.80. The number of carboxylic acids is 1. The Morgan fingerprint density at radius 3 is 2.93 bits per heavy atom. The third-order valence-corrected chi connectivity index (χ3v) is 2.52. The molecule has 0 atom stereocenters. The van der Waals surface area contributed by atoms with E-state index in [2.05, 4.69) is 20.9 Å². The van der Waals surface area contributed by atoms with Crippen LogP contribution in [0.15, 0.2) is 27.5 Å². The molecular formula is C9H6BrN2O3-. The average molecular weight is 270 g/mol. The van der Waals surface area contributed by atoms with Gasteiger partial charge in [-0.15, -0.1) is 0 Å². The quantitative estimate of drug-likeness (QED) is 0.823. The fraction of sp³-hybridized carbons (Fsp3) is 0.111. The molecule has 0 saturated carbocycles. The second-order valence-electron chi connectivity index (χ2n) is 3.05. The fourth-order valence-corrected chi connectivity index (χ4v) is 1.76. The van der Waals surface area contributed by atoms with Crippen LogP contribution in [0.25, 0.3) is 11.0 Å². The van der Waals surface area contributed by atoms with E-state index in [0.29, 0.717) is 11.0 Å². The number of imidazole rings is 1. The van der Waals surface area contributed by atoms with Crippen LogP contribution in [0.4, 0.5) is 0 Å². The Kier molecular flexibility index (Phi) is 2.36. The van der Waals surface area contributed by atoms with Crippen LogP contribution in [0, 0.1) is 0 Å². The first kappa shape index (κ1) is 9.97. The van der Waals surface area contributed by atoms with Crippen LogP contribution in [0.2, 0.25) is 0 Å². The van der Waals surface area contributed by atoms with Gasteiger partial charge in [0.05, 0.1) is 23.5 Å². The number of benzene rings is 1. The van der Waals surface area contributed by atoms with Crippen molar-refractivity contribution in [3.8, 4) is 0 Å². The molecule has 0 aliphatic carbocycles. The zero-order valence-corrected chi connectivity index (χ0v) is 9.08. The number of carbonyl (C=O) groups excluding carboxylic acids is 1. The highest BCUT2D eigenvalue weighted by molar-refractivity contribution is 9.10. The first-order valence-corrected chi connectivity index (χ1v) is 4.95. The lowest BCUT2D eigenvalue weighted by Gasteiger charge is -2.03. The largest absolute Gasteiger partial charge is 0.548 e. The minimum absolute atomic E-state index is 0.449. The Balaban J connectivity index is 2.70. The number of carbonyl (C=O) groups is 1. The lowest BCUT2D eigenvalue weighted by Crippen LogP contribution is -2.31. The summed E-state index contributed by atoms with van der Waals surface area (Å²) in [5, 5.41) is 10.5. The van der Waals surface area contributed by atoms with Gasteiger partial charge in [0.1, 0.15) is 0 Å². The average Bonchev–Trinajstić information content (AvgIpc) is 2.43. The molecule has 0 unspecified atom stereocenters. The molecule has 0 amide bonds. The molecule has 0 aliphatic rings. The first-order valence-electron chi connectivity index (χ1n) is 4.16. The lowest BCUT2D eigenvalue weighted by molar-refractivity contribution is -0.306. The smallest absolute Gasteiger partial charge is 0.326 e. The number of aromatic amines is 1. The topological polar surface area (TPSA) is 77.9 Å². The SMILES string of the molecule is O=C([O-])Cn1c(=O)[nH]c2ccc(Br)cc21. The Morgan fingerprint density at radius 2 is 2.27 bits per heavy atom. The van der Waals surface area contributed by atoms with Gasteiger partial charge in [-0.2, -0.15) is 0 Å². The van der Waals surface area contributed by atoms with Gasteiger partial charge in [0.2, 0.25) is 0 Å². The van der Waals surface area contributed by atoms with E-state index >= 15 is 0 Å². The van der Waals surface area contributed by atoms with E-state index in [0.717, 1.165) is 9.04 Å². The maximum absolute atomic E-state index is 11.4. The van der Waals surface area contributed by atoms with Gasteiger partial charge in [-0.25, -0.2) is 4.79 Å². The molecule has 78 valence electrons. The molecule has 1 heterocycles. The van der Waals surface area contributed by atoms with Crippen LogP contribution in [0.3, 0.4) is 0 Å². The number of nitrogens with zero attached hydrogens (tertiary/aromatic N) is 1. The molecule has 2 aromatic rings. The molecule has 15 heavy (non-hydrogen) atoms. The molecular weight excluding hydrogens is 264 g/mol. The number of aliphatic carboxylic acids is 1. The van der Waals surface area contributed by atoms with Crippen molar-refractivity contribution in [1.82, 2.24) is 9.55 Å². The molecule has 5 nitrogen and oxygen atoms in total. The van der Waals surface area contributed by atoms with E-state index < -0.39 is 18.2 Å². The normalized spacial score (nSPS) is 10.7. The van der Waals surface area contributed by atoms with Gasteiger partial charge in [0.25, 0.3) is 0 Å². The van der Waals surface area contributed by atoms with Crippen molar-refractivity contribution in [3.63, 3.8) is 0 Å². The summed E-state index contributed by atoms with van der Waals surface area (Å²) in [7, 11) is 0. The summed E-state index contributed by atoms with van der Waals surface area (Å²) in [6, 6.07) is 5.14. The second kappa shape index (κ2) is 3.54. The monoisotopic (exact) mass is 269 g/mol. The van der Waals surface area contributed by atoms with Crippen molar-refractivity contribution in [1.29, 1.82) is 0 Å². The number of rotatable bonds is 2. The van der Waals surface area contributed by atoms with E-state index in [-0.39, 0.29) is 0 Å². The molecule has 2 rings (SSSR count). The summed E-state index contributed by atoms with van der Waals surface area (Å²) in [4.78, 5) is 24.4. The van der Waals surface area contributed by atoms with E-state index in [4.69, 9.17) is 0 Å². The number of halogens is 1. The number of hydrogen-bond acceptors (Lipinski definition) is 3. The molecule has 0 saturated heterocycles. The van der Waals surface area contributed by atoms with Crippen LogP contribution in [0.5, 0.6) is 0 Å². The molecule has 6 heteroatoms. The lowest BCUT2D eigenvalue weighted by atomic mass is 10.3. The van der Waals surface area contributed by atoms with Crippen LogP contribution in [-0.4, -0.2) is 15.5 Å². The molecule has 0 bridgehead atoms. The number of nitrogens with one attached hydrogen (secondary N) is 1. The van der Waals surface area contributed by atoms with Gasteiger partial charge in [-0.05, 0) is 18.2 Å². The van der Waals surface area contributed by atoms with Crippen molar-refractivity contribution in [2.75, 3.05) is 0 Å². The van der Waals surface area contributed by atoms with E-state index in [9.17, 15) is 14.7 Å². The Labute approximate surface area is 92.5 Å². The summed E-state index contributed by atoms with van der Waals surface area (Å²) in [5.74, 6) is -1.29. The minimum atomic E-state index is -1.29. The highest BCUT2D eigenvalue weighted by Gasteiger charge is 2.06. The van der Waals surface area contributed by atoms with Gasteiger partial charge in [0.15, 0.2) is 0 Å².